The van der Waals surface area contributed by atoms with Gasteiger partial charge >= 0.3 is 0 Å². The fraction of sp³-hybridized carbons (Fsp3) is 0.333. The third-order valence-corrected chi connectivity index (χ3v) is 5.47. The highest BCUT2D eigenvalue weighted by Crippen LogP contribution is 2.44. The zero-order valence-electron chi connectivity index (χ0n) is 15.0. The van der Waals surface area contributed by atoms with E-state index >= 15 is 0 Å². The number of fused-ring (bicyclic) bond motifs is 1. The lowest BCUT2D eigenvalue weighted by molar-refractivity contribution is 0.286. The van der Waals surface area contributed by atoms with Gasteiger partial charge in [0.15, 0.2) is 0 Å². The molecule has 2 aromatic carbocycles. The zero-order valence-corrected chi connectivity index (χ0v) is 14.0. The molecule has 118 valence electrons. The first-order chi connectivity index (χ1) is 11.5. The van der Waals surface area contributed by atoms with E-state index in [0.29, 0.717) is 0 Å². The van der Waals surface area contributed by atoms with Gasteiger partial charge in [-0.25, -0.2) is 0 Å². The minimum Gasteiger partial charge on any atom is -0.354 e. The van der Waals surface area contributed by atoms with E-state index in [9.17, 15) is 0 Å². The maximum atomic E-state index is 8.82. The molecule has 1 fully saturated rings. The van der Waals surface area contributed by atoms with Crippen LogP contribution >= 0.6 is 0 Å². The third-order valence-electron chi connectivity index (χ3n) is 5.47. The van der Waals surface area contributed by atoms with Crippen LogP contribution in [-0.4, -0.2) is 23.6 Å². The summed E-state index contributed by atoms with van der Waals surface area (Å²) < 4.78 is 8.82. The molecular formula is C21H24N2. The fourth-order valence-corrected chi connectivity index (χ4v) is 4.20. The molecule has 4 atom stereocenters. The summed E-state index contributed by atoms with van der Waals surface area (Å²) in [6.07, 6.45) is 4.41. The maximum absolute atomic E-state index is 8.82. The van der Waals surface area contributed by atoms with Crippen molar-refractivity contribution >= 4 is 5.69 Å². The number of para-hydroxylation sites is 1. The molecule has 2 aliphatic heterocycles. The molecule has 2 heteroatoms. The van der Waals surface area contributed by atoms with Gasteiger partial charge in [-0.05, 0) is 44.2 Å². The Kier molecular flexibility index (Phi) is 2.97. The minimum atomic E-state index is -0.382. The molecule has 23 heavy (non-hydrogen) atoms. The molecule has 0 radical (unpaired) electrons. The summed E-state index contributed by atoms with van der Waals surface area (Å²) in [5.74, 6) is 0. The minimum absolute atomic E-state index is 0.0720. The Morgan fingerprint density at radius 3 is 2.52 bits per heavy atom. The van der Waals surface area contributed by atoms with Crippen molar-refractivity contribution in [2.45, 2.75) is 38.3 Å². The number of anilines is 1. The summed E-state index contributed by atoms with van der Waals surface area (Å²) in [5.41, 5.74) is 3.65. The molecule has 1 saturated heterocycles. The quantitative estimate of drug-likeness (QED) is 0.815. The van der Waals surface area contributed by atoms with Gasteiger partial charge in [0.25, 0.3) is 0 Å². The standard InChI is InChI=1S/C21H24N2/c1-16-9-7-8-12-19(16)23-15-22-14-13-21(3,20(22)17(23)2)18-10-5-4-6-11-18/h4-14,17,20H,15H2,1-3H3/t17-,20?,21?/m0/s1/i15D/t15?,17-,20?,21?. The molecule has 0 bridgehead atoms. The highest BCUT2D eigenvalue weighted by atomic mass is 15.4. The lowest BCUT2D eigenvalue weighted by Gasteiger charge is -2.35. The lowest BCUT2D eigenvalue weighted by atomic mass is 9.75. The summed E-state index contributed by atoms with van der Waals surface area (Å²) >= 11 is 0. The molecule has 2 nitrogen and oxygen atoms in total. The van der Waals surface area contributed by atoms with Crippen molar-refractivity contribution in [3.63, 3.8) is 0 Å². The molecule has 0 aromatic heterocycles. The molecule has 0 N–H and O–H groups in total. The molecule has 2 aliphatic rings. The highest BCUT2D eigenvalue weighted by Gasteiger charge is 2.50. The van der Waals surface area contributed by atoms with Gasteiger partial charge in [0, 0.05) is 17.1 Å². The van der Waals surface area contributed by atoms with E-state index in [2.05, 4.69) is 97.4 Å². The van der Waals surface area contributed by atoms with E-state index in [-0.39, 0.29) is 24.1 Å². The first kappa shape index (κ1) is 13.2. The van der Waals surface area contributed by atoms with Crippen molar-refractivity contribution in [1.29, 1.82) is 0 Å². The second kappa shape index (κ2) is 5.16. The number of hydrogen-bond donors (Lipinski definition) is 0. The van der Waals surface area contributed by atoms with E-state index in [1.165, 1.54) is 16.8 Å². The van der Waals surface area contributed by atoms with Crippen LogP contribution in [0.4, 0.5) is 5.69 Å². The zero-order chi connectivity index (χ0) is 16.9. The first-order valence-corrected chi connectivity index (χ1v) is 8.32. The normalized spacial score (nSPS) is 33.0. The van der Waals surface area contributed by atoms with Crippen molar-refractivity contribution in [3.05, 3.63) is 78.0 Å². The molecule has 4 rings (SSSR count). The Balaban J connectivity index is 1.76. The van der Waals surface area contributed by atoms with Crippen LogP contribution in [-0.2, 0) is 5.41 Å². The summed E-state index contributed by atoms with van der Waals surface area (Å²) in [6.45, 7) is 6.30. The average molecular weight is 305 g/mol. The van der Waals surface area contributed by atoms with Crippen LogP contribution in [0.5, 0.6) is 0 Å². The van der Waals surface area contributed by atoms with Gasteiger partial charge in [0.2, 0.25) is 0 Å². The van der Waals surface area contributed by atoms with Crippen LogP contribution in [0.15, 0.2) is 66.9 Å². The van der Waals surface area contributed by atoms with Crippen LogP contribution in [0, 0.1) is 6.92 Å². The lowest BCUT2D eigenvalue weighted by Crippen LogP contribution is -2.45. The average Bonchev–Trinajstić information content (AvgIpc) is 3.07. The van der Waals surface area contributed by atoms with Crippen LogP contribution < -0.4 is 4.90 Å². The molecule has 2 aromatic rings. The SMILES string of the molecule is [2H]C1N2C=CC(C)(c3ccccc3)C2[C@H](C)N1c1ccccc1C. The summed E-state index contributed by atoms with van der Waals surface area (Å²) in [5, 5.41) is 0. The number of rotatable bonds is 2. The molecule has 2 heterocycles. The van der Waals surface area contributed by atoms with Gasteiger partial charge in [-0.2, -0.15) is 0 Å². The smallest absolute Gasteiger partial charge is 0.0905 e. The maximum Gasteiger partial charge on any atom is 0.0905 e. The third kappa shape index (κ3) is 2.08. The Bertz CT molecular complexity index is 772. The monoisotopic (exact) mass is 305 g/mol. The van der Waals surface area contributed by atoms with E-state index < -0.39 is 0 Å². The van der Waals surface area contributed by atoms with E-state index in [1.54, 1.807) is 0 Å². The Morgan fingerprint density at radius 2 is 1.78 bits per heavy atom. The second-order valence-electron chi connectivity index (χ2n) is 6.91. The topological polar surface area (TPSA) is 6.48 Å². The van der Waals surface area contributed by atoms with Gasteiger partial charge < -0.3 is 9.80 Å². The van der Waals surface area contributed by atoms with Crippen molar-refractivity contribution < 1.29 is 1.37 Å². The largest absolute Gasteiger partial charge is 0.354 e. The highest BCUT2D eigenvalue weighted by molar-refractivity contribution is 5.56. The van der Waals surface area contributed by atoms with E-state index in [1.807, 2.05) is 0 Å². The summed E-state index contributed by atoms with van der Waals surface area (Å²) in [7, 11) is 0. The number of nitrogens with zero attached hydrogens (tertiary/aromatic N) is 2. The van der Waals surface area contributed by atoms with Crippen molar-refractivity contribution in [1.82, 2.24) is 4.90 Å². The van der Waals surface area contributed by atoms with E-state index in [4.69, 9.17) is 1.37 Å². The van der Waals surface area contributed by atoms with Gasteiger partial charge in [0.05, 0.1) is 14.1 Å². The van der Waals surface area contributed by atoms with Gasteiger partial charge in [0.1, 0.15) is 0 Å². The Morgan fingerprint density at radius 1 is 1.09 bits per heavy atom. The molecule has 0 amide bonds. The van der Waals surface area contributed by atoms with Crippen molar-refractivity contribution in [3.8, 4) is 0 Å². The second-order valence-corrected chi connectivity index (χ2v) is 6.91. The first-order valence-electron chi connectivity index (χ1n) is 8.90. The van der Waals surface area contributed by atoms with Crippen molar-refractivity contribution in [2.75, 3.05) is 11.5 Å². The Hall–Kier alpha value is -2.22. The molecule has 0 aliphatic carbocycles. The number of benzene rings is 2. The van der Waals surface area contributed by atoms with Crippen LogP contribution in [0.1, 0.15) is 26.3 Å². The predicted molar refractivity (Wildman–Crippen MR) is 96.5 cm³/mol. The van der Waals surface area contributed by atoms with Gasteiger partial charge in [-0.1, -0.05) is 54.6 Å². The van der Waals surface area contributed by atoms with Gasteiger partial charge in [-0.3, -0.25) is 0 Å². The predicted octanol–water partition coefficient (Wildman–Crippen LogP) is 4.32. The summed E-state index contributed by atoms with van der Waals surface area (Å²) in [4.78, 5) is 4.47. The van der Waals surface area contributed by atoms with Crippen LogP contribution in [0.3, 0.4) is 0 Å². The molecule has 0 spiro atoms. The number of aryl methyl sites for hydroxylation is 1. The summed E-state index contributed by atoms with van der Waals surface area (Å²) in [6, 6.07) is 19.6. The molecular weight excluding hydrogens is 280 g/mol. The van der Waals surface area contributed by atoms with Crippen molar-refractivity contribution in [2.24, 2.45) is 0 Å². The van der Waals surface area contributed by atoms with Gasteiger partial charge in [-0.15, -0.1) is 0 Å². The Labute approximate surface area is 140 Å². The van der Waals surface area contributed by atoms with Crippen LogP contribution in [0.2, 0.25) is 0 Å². The van der Waals surface area contributed by atoms with Crippen LogP contribution in [0.25, 0.3) is 0 Å². The fourth-order valence-electron chi connectivity index (χ4n) is 4.20. The van der Waals surface area contributed by atoms with E-state index in [0.717, 1.165) is 0 Å². The molecule has 0 saturated carbocycles. The number of hydrogen-bond acceptors (Lipinski definition) is 2. The molecule has 3 unspecified atom stereocenters.